The van der Waals surface area contributed by atoms with Crippen LogP contribution in [0.15, 0.2) is 28.7 Å². The van der Waals surface area contributed by atoms with Gasteiger partial charge in [-0.1, -0.05) is 41.4 Å². The van der Waals surface area contributed by atoms with E-state index in [1.54, 1.807) is 0 Å². The summed E-state index contributed by atoms with van der Waals surface area (Å²) in [4.78, 5) is 0. The standard InChI is InChI=1S/C13H18BrN/c1-10(9-15)13(6-3-7-13)11-4-2-5-12(14)8-11/h2,4-5,8,10H,3,6-7,9,15H2,1H3. The molecular weight excluding hydrogens is 250 g/mol. The maximum absolute atomic E-state index is 5.83. The lowest BCUT2D eigenvalue weighted by atomic mass is 9.58. The van der Waals surface area contributed by atoms with Crippen molar-refractivity contribution in [3.63, 3.8) is 0 Å². The normalized spacial score (nSPS) is 20.7. The highest BCUT2D eigenvalue weighted by atomic mass is 79.9. The Labute approximate surface area is 100 Å². The van der Waals surface area contributed by atoms with Gasteiger partial charge >= 0.3 is 0 Å². The molecule has 1 fully saturated rings. The van der Waals surface area contributed by atoms with E-state index in [2.05, 4.69) is 47.1 Å². The quantitative estimate of drug-likeness (QED) is 0.892. The van der Waals surface area contributed by atoms with Crippen molar-refractivity contribution in [1.82, 2.24) is 0 Å². The fourth-order valence-corrected chi connectivity index (χ4v) is 3.05. The van der Waals surface area contributed by atoms with Crippen molar-refractivity contribution in [2.45, 2.75) is 31.6 Å². The van der Waals surface area contributed by atoms with Gasteiger partial charge in [0.1, 0.15) is 0 Å². The summed E-state index contributed by atoms with van der Waals surface area (Å²) >= 11 is 3.55. The van der Waals surface area contributed by atoms with Gasteiger partial charge < -0.3 is 5.73 Å². The lowest BCUT2D eigenvalue weighted by Gasteiger charge is -2.47. The molecule has 1 saturated carbocycles. The van der Waals surface area contributed by atoms with Gasteiger partial charge in [-0.25, -0.2) is 0 Å². The average molecular weight is 268 g/mol. The Hall–Kier alpha value is -0.340. The number of halogens is 1. The van der Waals surface area contributed by atoms with E-state index in [0.29, 0.717) is 11.3 Å². The smallest absolute Gasteiger partial charge is 0.0178 e. The second kappa shape index (κ2) is 4.26. The molecule has 15 heavy (non-hydrogen) atoms. The third-order valence-electron chi connectivity index (χ3n) is 3.94. The van der Waals surface area contributed by atoms with E-state index in [9.17, 15) is 0 Å². The van der Waals surface area contributed by atoms with Gasteiger partial charge in [0.15, 0.2) is 0 Å². The zero-order valence-corrected chi connectivity index (χ0v) is 10.8. The molecule has 1 aliphatic rings. The SMILES string of the molecule is CC(CN)C1(c2cccc(Br)c2)CCC1. The van der Waals surface area contributed by atoms with Crippen LogP contribution in [0.1, 0.15) is 31.7 Å². The van der Waals surface area contributed by atoms with E-state index < -0.39 is 0 Å². The number of hydrogen-bond acceptors (Lipinski definition) is 1. The molecule has 1 aromatic carbocycles. The van der Waals surface area contributed by atoms with Gasteiger partial charge in [-0.05, 0) is 48.4 Å². The van der Waals surface area contributed by atoms with Crippen LogP contribution in [0.3, 0.4) is 0 Å². The van der Waals surface area contributed by atoms with Crippen molar-refractivity contribution in [2.75, 3.05) is 6.54 Å². The van der Waals surface area contributed by atoms with Crippen LogP contribution in [0.4, 0.5) is 0 Å². The number of rotatable bonds is 3. The van der Waals surface area contributed by atoms with Gasteiger partial charge in [0.2, 0.25) is 0 Å². The summed E-state index contributed by atoms with van der Waals surface area (Å²) in [6.07, 6.45) is 3.93. The predicted octanol–water partition coefficient (Wildman–Crippen LogP) is 3.47. The van der Waals surface area contributed by atoms with E-state index >= 15 is 0 Å². The molecule has 0 bridgehead atoms. The van der Waals surface area contributed by atoms with Gasteiger partial charge in [0, 0.05) is 4.47 Å². The molecular formula is C13H18BrN. The molecule has 0 heterocycles. The highest BCUT2D eigenvalue weighted by Crippen LogP contribution is 2.49. The average Bonchev–Trinajstić information content (AvgIpc) is 2.16. The first kappa shape index (κ1) is 11.2. The van der Waals surface area contributed by atoms with Crippen molar-refractivity contribution < 1.29 is 0 Å². The van der Waals surface area contributed by atoms with Crippen molar-refractivity contribution in [2.24, 2.45) is 11.7 Å². The van der Waals surface area contributed by atoms with E-state index in [-0.39, 0.29) is 0 Å². The van der Waals surface area contributed by atoms with Crippen LogP contribution in [-0.4, -0.2) is 6.54 Å². The fourth-order valence-electron chi connectivity index (χ4n) is 2.65. The van der Waals surface area contributed by atoms with E-state index in [0.717, 1.165) is 6.54 Å². The third kappa shape index (κ3) is 1.85. The molecule has 82 valence electrons. The van der Waals surface area contributed by atoms with Crippen molar-refractivity contribution in [3.8, 4) is 0 Å². The van der Waals surface area contributed by atoms with Crippen LogP contribution in [0.25, 0.3) is 0 Å². The van der Waals surface area contributed by atoms with E-state index in [1.807, 2.05) is 0 Å². The van der Waals surface area contributed by atoms with Gasteiger partial charge in [0.25, 0.3) is 0 Å². The Morgan fingerprint density at radius 1 is 1.47 bits per heavy atom. The molecule has 1 nitrogen and oxygen atoms in total. The molecule has 0 amide bonds. The first-order chi connectivity index (χ1) is 7.19. The van der Waals surface area contributed by atoms with Crippen molar-refractivity contribution in [1.29, 1.82) is 0 Å². The minimum atomic E-state index is 0.360. The molecule has 1 atom stereocenters. The van der Waals surface area contributed by atoms with Crippen LogP contribution in [0, 0.1) is 5.92 Å². The summed E-state index contributed by atoms with van der Waals surface area (Å²) in [6.45, 7) is 3.06. The van der Waals surface area contributed by atoms with Gasteiger partial charge in [0.05, 0.1) is 0 Å². The molecule has 0 spiro atoms. The monoisotopic (exact) mass is 267 g/mol. The molecule has 0 saturated heterocycles. The van der Waals surface area contributed by atoms with Gasteiger partial charge in [-0.3, -0.25) is 0 Å². The minimum Gasteiger partial charge on any atom is -0.330 e. The first-order valence-corrected chi connectivity index (χ1v) is 6.44. The molecule has 0 aliphatic heterocycles. The highest BCUT2D eigenvalue weighted by molar-refractivity contribution is 9.10. The van der Waals surface area contributed by atoms with Crippen LogP contribution in [0.2, 0.25) is 0 Å². The second-order valence-corrected chi connectivity index (χ2v) is 5.57. The van der Waals surface area contributed by atoms with Crippen LogP contribution in [0.5, 0.6) is 0 Å². The largest absolute Gasteiger partial charge is 0.330 e. The van der Waals surface area contributed by atoms with Crippen molar-refractivity contribution in [3.05, 3.63) is 34.3 Å². The van der Waals surface area contributed by atoms with Gasteiger partial charge in [-0.2, -0.15) is 0 Å². The number of hydrogen-bond donors (Lipinski definition) is 1. The molecule has 1 aromatic rings. The highest BCUT2D eigenvalue weighted by Gasteiger charge is 2.42. The Kier molecular flexibility index (Phi) is 3.17. The van der Waals surface area contributed by atoms with Crippen molar-refractivity contribution >= 4 is 15.9 Å². The van der Waals surface area contributed by atoms with Gasteiger partial charge in [-0.15, -0.1) is 0 Å². The molecule has 1 unspecified atom stereocenters. The second-order valence-electron chi connectivity index (χ2n) is 4.66. The fraction of sp³-hybridized carbons (Fsp3) is 0.538. The summed E-state index contributed by atoms with van der Waals surface area (Å²) in [6, 6.07) is 8.72. The molecule has 0 aromatic heterocycles. The van der Waals surface area contributed by atoms with Crippen LogP contribution < -0.4 is 5.73 Å². The first-order valence-electron chi connectivity index (χ1n) is 5.65. The Morgan fingerprint density at radius 3 is 2.67 bits per heavy atom. The summed E-state index contributed by atoms with van der Waals surface area (Å²) < 4.78 is 1.18. The summed E-state index contributed by atoms with van der Waals surface area (Å²) in [7, 11) is 0. The molecule has 1 aliphatic carbocycles. The number of benzene rings is 1. The summed E-state index contributed by atoms with van der Waals surface area (Å²) in [5, 5.41) is 0. The maximum Gasteiger partial charge on any atom is 0.0178 e. The van der Waals surface area contributed by atoms with E-state index in [4.69, 9.17) is 5.73 Å². The maximum atomic E-state index is 5.83. The Balaban J connectivity index is 2.34. The molecule has 2 rings (SSSR count). The lowest BCUT2D eigenvalue weighted by Crippen LogP contribution is -2.43. The molecule has 2 heteroatoms. The molecule has 0 radical (unpaired) electrons. The zero-order chi connectivity index (χ0) is 10.9. The minimum absolute atomic E-state index is 0.360. The lowest BCUT2D eigenvalue weighted by molar-refractivity contribution is 0.161. The third-order valence-corrected chi connectivity index (χ3v) is 4.44. The van der Waals surface area contributed by atoms with Crippen LogP contribution >= 0.6 is 15.9 Å². The number of nitrogens with two attached hydrogens (primary N) is 1. The van der Waals surface area contributed by atoms with E-state index in [1.165, 1.54) is 29.3 Å². The van der Waals surface area contributed by atoms with Crippen LogP contribution in [-0.2, 0) is 5.41 Å². The topological polar surface area (TPSA) is 26.0 Å². The molecule has 2 N–H and O–H groups in total. The Bertz CT molecular complexity index is 344. The predicted molar refractivity (Wildman–Crippen MR) is 67.9 cm³/mol. The summed E-state index contributed by atoms with van der Waals surface area (Å²) in [5.41, 5.74) is 7.65. The Morgan fingerprint density at radius 2 is 2.20 bits per heavy atom. The zero-order valence-electron chi connectivity index (χ0n) is 9.17. The summed E-state index contributed by atoms with van der Waals surface area (Å²) in [5.74, 6) is 0.584.